The molecule has 1 atom stereocenters. The van der Waals surface area contributed by atoms with Crippen LogP contribution in [0, 0.1) is 12.8 Å². The molecule has 0 aliphatic carbocycles. The van der Waals surface area contributed by atoms with Crippen LogP contribution < -0.4 is 10.6 Å². The van der Waals surface area contributed by atoms with Crippen molar-refractivity contribution in [1.82, 2.24) is 10.6 Å². The van der Waals surface area contributed by atoms with Crippen molar-refractivity contribution in [3.63, 3.8) is 0 Å². The van der Waals surface area contributed by atoms with E-state index < -0.39 is 17.9 Å². The highest BCUT2D eigenvalue weighted by molar-refractivity contribution is 5.98. The molecular formula is C17H24N2O4. The fourth-order valence-corrected chi connectivity index (χ4v) is 2.16. The van der Waals surface area contributed by atoms with Gasteiger partial charge in [-0.1, -0.05) is 32.0 Å². The van der Waals surface area contributed by atoms with Crippen molar-refractivity contribution in [1.29, 1.82) is 0 Å². The molecule has 2 amide bonds. The molecule has 0 bridgehead atoms. The molecule has 2 N–H and O–H groups in total. The lowest BCUT2D eigenvalue weighted by molar-refractivity contribution is -0.145. The van der Waals surface area contributed by atoms with Crippen LogP contribution in [-0.2, 0) is 14.3 Å². The lowest BCUT2D eigenvalue weighted by Gasteiger charge is -2.18. The van der Waals surface area contributed by atoms with E-state index in [0.29, 0.717) is 12.0 Å². The number of carbonyl (C=O) groups is 3. The maximum Gasteiger partial charge on any atom is 0.328 e. The van der Waals surface area contributed by atoms with E-state index in [1.165, 1.54) is 7.11 Å². The lowest BCUT2D eigenvalue weighted by Crippen LogP contribution is -2.46. The fourth-order valence-electron chi connectivity index (χ4n) is 2.16. The number of hydrogen-bond donors (Lipinski definition) is 2. The molecule has 1 rings (SSSR count). The van der Waals surface area contributed by atoms with E-state index in [4.69, 9.17) is 0 Å². The smallest absolute Gasteiger partial charge is 0.328 e. The normalized spacial score (nSPS) is 11.7. The predicted molar refractivity (Wildman–Crippen MR) is 86.9 cm³/mol. The Morgan fingerprint density at radius 2 is 1.83 bits per heavy atom. The largest absolute Gasteiger partial charge is 0.467 e. The number of esters is 1. The Morgan fingerprint density at radius 3 is 2.39 bits per heavy atom. The van der Waals surface area contributed by atoms with Gasteiger partial charge < -0.3 is 15.4 Å². The third kappa shape index (κ3) is 6.10. The number of aryl methyl sites for hydroxylation is 1. The van der Waals surface area contributed by atoms with E-state index in [0.717, 1.165) is 5.56 Å². The van der Waals surface area contributed by atoms with Crippen LogP contribution in [0.3, 0.4) is 0 Å². The summed E-state index contributed by atoms with van der Waals surface area (Å²) < 4.78 is 4.68. The fraction of sp³-hybridized carbons (Fsp3) is 0.471. The third-order valence-electron chi connectivity index (χ3n) is 3.33. The molecule has 0 saturated heterocycles. The van der Waals surface area contributed by atoms with Gasteiger partial charge in [0.05, 0.1) is 13.7 Å². The number of amides is 2. The average Bonchev–Trinajstić information content (AvgIpc) is 2.51. The van der Waals surface area contributed by atoms with Gasteiger partial charge in [-0.2, -0.15) is 0 Å². The zero-order chi connectivity index (χ0) is 17.4. The summed E-state index contributed by atoms with van der Waals surface area (Å²) in [6.45, 7) is 5.52. The van der Waals surface area contributed by atoms with Crippen LogP contribution in [0.1, 0.15) is 36.2 Å². The Bertz CT molecular complexity index is 569. The quantitative estimate of drug-likeness (QED) is 0.744. The van der Waals surface area contributed by atoms with Gasteiger partial charge in [0.2, 0.25) is 5.91 Å². The summed E-state index contributed by atoms with van der Waals surface area (Å²) in [6, 6.07) is 6.41. The highest BCUT2D eigenvalue weighted by Crippen LogP contribution is 2.07. The van der Waals surface area contributed by atoms with Gasteiger partial charge in [-0.3, -0.25) is 9.59 Å². The van der Waals surface area contributed by atoms with Crippen molar-refractivity contribution >= 4 is 17.8 Å². The Labute approximate surface area is 136 Å². The monoisotopic (exact) mass is 320 g/mol. The van der Waals surface area contributed by atoms with Crippen molar-refractivity contribution < 1.29 is 19.1 Å². The molecule has 6 heteroatoms. The highest BCUT2D eigenvalue weighted by atomic mass is 16.5. The Hall–Kier alpha value is -2.37. The van der Waals surface area contributed by atoms with Crippen LogP contribution >= 0.6 is 0 Å². The van der Waals surface area contributed by atoms with Crippen LogP contribution in [0.15, 0.2) is 24.3 Å². The summed E-state index contributed by atoms with van der Waals surface area (Å²) in [5, 5.41) is 5.14. The van der Waals surface area contributed by atoms with Gasteiger partial charge in [-0.15, -0.1) is 0 Å². The first-order valence-electron chi connectivity index (χ1n) is 7.56. The number of methoxy groups -OCH3 is 1. The molecule has 23 heavy (non-hydrogen) atoms. The second-order valence-corrected chi connectivity index (χ2v) is 5.77. The Balaban J connectivity index is 2.56. The van der Waals surface area contributed by atoms with Gasteiger partial charge in [0.15, 0.2) is 0 Å². The number of benzene rings is 1. The Morgan fingerprint density at radius 1 is 1.17 bits per heavy atom. The van der Waals surface area contributed by atoms with E-state index in [9.17, 15) is 14.4 Å². The first-order valence-corrected chi connectivity index (χ1v) is 7.56. The topological polar surface area (TPSA) is 84.5 Å². The number of ether oxygens (including phenoxy) is 1. The molecule has 0 saturated carbocycles. The molecule has 0 unspecified atom stereocenters. The van der Waals surface area contributed by atoms with Crippen molar-refractivity contribution in [2.45, 2.75) is 33.2 Å². The SMILES string of the molecule is COC(=O)[C@H](CC(C)C)NC(=O)CNC(=O)c1ccccc1C. The summed E-state index contributed by atoms with van der Waals surface area (Å²) in [5.74, 6) is -1.02. The van der Waals surface area contributed by atoms with Crippen LogP contribution in [0.4, 0.5) is 0 Å². The maximum atomic E-state index is 12.0. The molecule has 126 valence electrons. The first kappa shape index (κ1) is 18.7. The number of hydrogen-bond acceptors (Lipinski definition) is 4. The minimum Gasteiger partial charge on any atom is -0.467 e. The number of rotatable bonds is 7. The van der Waals surface area contributed by atoms with Crippen molar-refractivity contribution in [3.8, 4) is 0 Å². The molecule has 0 radical (unpaired) electrons. The standard InChI is InChI=1S/C17H24N2O4/c1-11(2)9-14(17(22)23-4)19-15(20)10-18-16(21)13-8-6-5-7-12(13)3/h5-8,11,14H,9-10H2,1-4H3,(H,18,21)(H,19,20)/t14-/m0/s1. The summed E-state index contributed by atoms with van der Waals surface area (Å²) in [6.07, 6.45) is 0.476. The minimum atomic E-state index is -0.706. The summed E-state index contributed by atoms with van der Waals surface area (Å²) >= 11 is 0. The van der Waals surface area contributed by atoms with Crippen LogP contribution in [0.5, 0.6) is 0 Å². The van der Waals surface area contributed by atoms with Crippen LogP contribution in [0.2, 0.25) is 0 Å². The highest BCUT2D eigenvalue weighted by Gasteiger charge is 2.22. The van der Waals surface area contributed by atoms with Crippen molar-refractivity contribution in [2.24, 2.45) is 5.92 Å². The minimum absolute atomic E-state index is 0.196. The molecular weight excluding hydrogens is 296 g/mol. The number of nitrogens with one attached hydrogen (secondary N) is 2. The molecule has 1 aromatic rings. The van der Waals surface area contributed by atoms with Crippen molar-refractivity contribution in [3.05, 3.63) is 35.4 Å². The lowest BCUT2D eigenvalue weighted by atomic mass is 10.0. The van der Waals surface area contributed by atoms with Gasteiger partial charge >= 0.3 is 5.97 Å². The first-order chi connectivity index (χ1) is 10.8. The Kier molecular flexibility index (Phi) is 7.25. The molecule has 0 aliphatic heterocycles. The number of carbonyl (C=O) groups excluding carboxylic acids is 3. The van der Waals surface area contributed by atoms with Crippen LogP contribution in [-0.4, -0.2) is 37.5 Å². The van der Waals surface area contributed by atoms with Gasteiger partial charge in [-0.05, 0) is 30.9 Å². The summed E-state index contributed by atoms with van der Waals surface area (Å²) in [4.78, 5) is 35.6. The molecule has 0 aliphatic rings. The van der Waals surface area contributed by atoms with E-state index in [1.54, 1.807) is 12.1 Å². The molecule has 0 aromatic heterocycles. The third-order valence-corrected chi connectivity index (χ3v) is 3.33. The predicted octanol–water partition coefficient (Wildman–Crippen LogP) is 1.43. The molecule has 0 spiro atoms. The maximum absolute atomic E-state index is 12.0. The van der Waals surface area contributed by atoms with E-state index in [-0.39, 0.29) is 18.4 Å². The second kappa shape index (κ2) is 8.92. The van der Waals surface area contributed by atoms with E-state index in [1.807, 2.05) is 32.9 Å². The second-order valence-electron chi connectivity index (χ2n) is 5.77. The van der Waals surface area contributed by atoms with Crippen LogP contribution in [0.25, 0.3) is 0 Å². The zero-order valence-electron chi connectivity index (χ0n) is 14.0. The summed E-state index contributed by atoms with van der Waals surface area (Å²) in [7, 11) is 1.28. The summed E-state index contributed by atoms with van der Waals surface area (Å²) in [5.41, 5.74) is 1.35. The van der Waals surface area contributed by atoms with E-state index in [2.05, 4.69) is 15.4 Å². The molecule has 0 fully saturated rings. The molecule has 6 nitrogen and oxygen atoms in total. The van der Waals surface area contributed by atoms with Crippen molar-refractivity contribution in [2.75, 3.05) is 13.7 Å². The van der Waals surface area contributed by atoms with Gasteiger partial charge in [0.1, 0.15) is 6.04 Å². The average molecular weight is 320 g/mol. The zero-order valence-corrected chi connectivity index (χ0v) is 14.0. The van der Waals surface area contributed by atoms with Gasteiger partial charge in [0.25, 0.3) is 5.91 Å². The molecule has 1 aromatic carbocycles. The molecule has 0 heterocycles. The van der Waals surface area contributed by atoms with Gasteiger partial charge in [0, 0.05) is 5.56 Å². The van der Waals surface area contributed by atoms with Gasteiger partial charge in [-0.25, -0.2) is 4.79 Å². The van der Waals surface area contributed by atoms with E-state index >= 15 is 0 Å².